The number of carboxylic acid groups (broad SMARTS) is 1. The van der Waals surface area contributed by atoms with Crippen LogP contribution < -0.4 is 4.90 Å². The lowest BCUT2D eigenvalue weighted by molar-refractivity contribution is 0.150. The normalized spacial score (nSPS) is 26.7. The number of hydrogen-bond acceptors (Lipinski definition) is 2. The predicted octanol–water partition coefficient (Wildman–Crippen LogP) is 2.88. The molecule has 1 aliphatic carbocycles. The second-order valence-corrected chi connectivity index (χ2v) is 6.15. The Balaban J connectivity index is 1.53. The van der Waals surface area contributed by atoms with Gasteiger partial charge in [0.25, 0.3) is 0 Å². The summed E-state index contributed by atoms with van der Waals surface area (Å²) in [6.45, 7) is 1.37. The fraction of sp³-hybridized carbons (Fsp3) is 0.353. The minimum absolute atomic E-state index is 0.488. The van der Waals surface area contributed by atoms with E-state index in [4.69, 9.17) is 5.11 Å². The number of likely N-dealkylation sites (tertiary alicyclic amines) is 1. The lowest BCUT2D eigenvalue weighted by Gasteiger charge is -2.24. The van der Waals surface area contributed by atoms with Crippen LogP contribution in [0.5, 0.6) is 0 Å². The van der Waals surface area contributed by atoms with Crippen molar-refractivity contribution in [3.05, 3.63) is 42.5 Å². The molecule has 2 aliphatic rings. The third-order valence-corrected chi connectivity index (χ3v) is 5.01. The molecule has 1 aliphatic heterocycles. The van der Waals surface area contributed by atoms with Crippen LogP contribution in [0.25, 0.3) is 10.8 Å². The third-order valence-electron chi connectivity index (χ3n) is 5.01. The van der Waals surface area contributed by atoms with E-state index in [0.717, 1.165) is 0 Å². The fourth-order valence-corrected chi connectivity index (χ4v) is 3.79. The SMILES string of the molecule is CN(c1ccc2ccccc2c1)C1C2CN(C(=O)O)CC21. The van der Waals surface area contributed by atoms with Crippen LogP contribution in [0.2, 0.25) is 0 Å². The lowest BCUT2D eigenvalue weighted by Crippen LogP contribution is -2.35. The molecule has 1 N–H and O–H groups in total. The van der Waals surface area contributed by atoms with Crippen molar-refractivity contribution in [3.63, 3.8) is 0 Å². The van der Waals surface area contributed by atoms with Gasteiger partial charge < -0.3 is 14.9 Å². The van der Waals surface area contributed by atoms with Gasteiger partial charge >= 0.3 is 6.09 Å². The molecule has 1 saturated carbocycles. The average Bonchev–Trinajstić information content (AvgIpc) is 2.99. The zero-order valence-corrected chi connectivity index (χ0v) is 11.9. The molecule has 108 valence electrons. The van der Waals surface area contributed by atoms with E-state index >= 15 is 0 Å². The molecule has 2 aromatic rings. The molecule has 4 nitrogen and oxygen atoms in total. The number of anilines is 1. The van der Waals surface area contributed by atoms with Crippen LogP contribution in [0.1, 0.15) is 0 Å². The molecular weight excluding hydrogens is 264 g/mol. The van der Waals surface area contributed by atoms with E-state index in [2.05, 4.69) is 54.4 Å². The van der Waals surface area contributed by atoms with E-state index in [-0.39, 0.29) is 0 Å². The first-order valence-corrected chi connectivity index (χ1v) is 7.34. The summed E-state index contributed by atoms with van der Waals surface area (Å²) in [5.74, 6) is 0.996. The third kappa shape index (κ3) is 1.94. The highest BCUT2D eigenvalue weighted by Crippen LogP contribution is 2.49. The predicted molar refractivity (Wildman–Crippen MR) is 82.7 cm³/mol. The Morgan fingerprint density at radius 1 is 1.14 bits per heavy atom. The van der Waals surface area contributed by atoms with Crippen molar-refractivity contribution in [1.82, 2.24) is 4.90 Å². The summed E-state index contributed by atoms with van der Waals surface area (Å²) in [7, 11) is 2.12. The van der Waals surface area contributed by atoms with E-state index in [1.807, 2.05) is 0 Å². The molecule has 1 amide bonds. The molecule has 0 spiro atoms. The van der Waals surface area contributed by atoms with E-state index < -0.39 is 6.09 Å². The van der Waals surface area contributed by atoms with Gasteiger partial charge in [-0.05, 0) is 22.9 Å². The second-order valence-electron chi connectivity index (χ2n) is 6.15. The van der Waals surface area contributed by atoms with Crippen molar-refractivity contribution < 1.29 is 9.90 Å². The maximum Gasteiger partial charge on any atom is 0.407 e. The molecule has 4 rings (SSSR count). The number of benzene rings is 2. The Kier molecular flexibility index (Phi) is 2.61. The molecule has 2 aromatic carbocycles. The highest BCUT2D eigenvalue weighted by atomic mass is 16.4. The van der Waals surface area contributed by atoms with Gasteiger partial charge in [0.05, 0.1) is 0 Å². The summed E-state index contributed by atoms with van der Waals surface area (Å²) < 4.78 is 0. The smallest absolute Gasteiger partial charge is 0.407 e. The number of amides is 1. The van der Waals surface area contributed by atoms with Gasteiger partial charge in [0.2, 0.25) is 0 Å². The number of fused-ring (bicyclic) bond motifs is 2. The van der Waals surface area contributed by atoms with Crippen LogP contribution in [0.4, 0.5) is 10.5 Å². The Hall–Kier alpha value is -2.23. The van der Waals surface area contributed by atoms with Gasteiger partial charge in [0.15, 0.2) is 0 Å². The van der Waals surface area contributed by atoms with Gasteiger partial charge in [-0.2, -0.15) is 0 Å². The average molecular weight is 282 g/mol. The summed E-state index contributed by atoms with van der Waals surface area (Å²) in [6, 6.07) is 15.4. The zero-order chi connectivity index (χ0) is 14.6. The first-order chi connectivity index (χ1) is 10.1. The number of piperidine rings is 1. The first-order valence-electron chi connectivity index (χ1n) is 7.34. The van der Waals surface area contributed by atoms with Gasteiger partial charge in [-0.25, -0.2) is 4.79 Å². The molecule has 1 heterocycles. The van der Waals surface area contributed by atoms with Crippen molar-refractivity contribution in [1.29, 1.82) is 0 Å². The standard InChI is InChI=1S/C17H18N2O2/c1-18(16-14-9-19(17(20)21)10-15(14)16)13-7-6-11-4-2-3-5-12(11)8-13/h2-8,14-16H,9-10H2,1H3,(H,20,21). The molecule has 0 aromatic heterocycles. The van der Waals surface area contributed by atoms with Gasteiger partial charge in [0.1, 0.15) is 0 Å². The Morgan fingerprint density at radius 3 is 2.48 bits per heavy atom. The molecule has 2 unspecified atom stereocenters. The van der Waals surface area contributed by atoms with Crippen LogP contribution in [0.3, 0.4) is 0 Å². The highest BCUT2D eigenvalue weighted by Gasteiger charge is 2.58. The van der Waals surface area contributed by atoms with Crippen LogP contribution in [-0.2, 0) is 0 Å². The van der Waals surface area contributed by atoms with E-state index in [1.54, 1.807) is 4.90 Å². The summed E-state index contributed by atoms with van der Waals surface area (Å²) >= 11 is 0. The monoisotopic (exact) mass is 282 g/mol. The van der Waals surface area contributed by atoms with Crippen LogP contribution >= 0.6 is 0 Å². The summed E-state index contributed by atoms with van der Waals surface area (Å²) in [5, 5.41) is 11.5. The Labute approximate surface area is 123 Å². The second kappa shape index (κ2) is 4.38. The largest absolute Gasteiger partial charge is 0.465 e. The topological polar surface area (TPSA) is 43.8 Å². The number of hydrogen-bond donors (Lipinski definition) is 1. The molecular formula is C17H18N2O2. The maximum atomic E-state index is 11.0. The van der Waals surface area contributed by atoms with Gasteiger partial charge in [0, 0.05) is 43.7 Å². The lowest BCUT2D eigenvalue weighted by atomic mass is 10.1. The summed E-state index contributed by atoms with van der Waals surface area (Å²) in [5.41, 5.74) is 1.22. The minimum Gasteiger partial charge on any atom is -0.465 e. The molecule has 4 heteroatoms. The quantitative estimate of drug-likeness (QED) is 0.921. The van der Waals surface area contributed by atoms with Crippen molar-refractivity contribution in [2.45, 2.75) is 6.04 Å². The van der Waals surface area contributed by atoms with E-state index in [9.17, 15) is 4.79 Å². The van der Waals surface area contributed by atoms with Gasteiger partial charge in [-0.1, -0.05) is 30.3 Å². The number of rotatable bonds is 2. The number of nitrogens with zero attached hydrogens (tertiary/aromatic N) is 2. The Bertz CT molecular complexity index is 703. The van der Waals surface area contributed by atoms with Gasteiger partial charge in [-0.3, -0.25) is 0 Å². The van der Waals surface area contributed by atoms with Crippen LogP contribution in [0.15, 0.2) is 42.5 Å². The van der Waals surface area contributed by atoms with Crippen molar-refractivity contribution >= 4 is 22.6 Å². The summed E-state index contributed by atoms with van der Waals surface area (Å²) in [4.78, 5) is 14.8. The number of carbonyl (C=O) groups is 1. The van der Waals surface area contributed by atoms with Crippen LogP contribution in [-0.4, -0.2) is 42.3 Å². The van der Waals surface area contributed by atoms with E-state index in [0.29, 0.717) is 31.0 Å². The van der Waals surface area contributed by atoms with Crippen molar-refractivity contribution in [3.8, 4) is 0 Å². The maximum absolute atomic E-state index is 11.0. The molecule has 0 radical (unpaired) electrons. The fourth-order valence-electron chi connectivity index (χ4n) is 3.79. The molecule has 2 atom stereocenters. The summed E-state index contributed by atoms with van der Waals surface area (Å²) in [6.07, 6.45) is -0.783. The van der Waals surface area contributed by atoms with Gasteiger partial charge in [-0.15, -0.1) is 0 Å². The minimum atomic E-state index is -0.783. The van der Waals surface area contributed by atoms with Crippen molar-refractivity contribution in [2.75, 3.05) is 25.0 Å². The highest BCUT2D eigenvalue weighted by molar-refractivity contribution is 5.86. The van der Waals surface area contributed by atoms with Crippen molar-refractivity contribution in [2.24, 2.45) is 11.8 Å². The first kappa shape index (κ1) is 12.5. The van der Waals surface area contributed by atoms with E-state index in [1.165, 1.54) is 16.5 Å². The Morgan fingerprint density at radius 2 is 1.81 bits per heavy atom. The zero-order valence-electron chi connectivity index (χ0n) is 11.9. The molecule has 1 saturated heterocycles. The van der Waals surface area contributed by atoms with Crippen LogP contribution in [0, 0.1) is 11.8 Å². The molecule has 2 fully saturated rings. The molecule has 21 heavy (non-hydrogen) atoms. The molecule has 0 bridgehead atoms.